The monoisotopic (exact) mass is 669 g/mol. The minimum Gasteiger partial charge on any atom is -0.481 e. The van der Waals surface area contributed by atoms with E-state index in [2.05, 4.69) is 15.9 Å². The Bertz CT molecular complexity index is 1320. The van der Waals surface area contributed by atoms with Crippen molar-refractivity contribution in [3.8, 4) is 0 Å². The van der Waals surface area contributed by atoms with Gasteiger partial charge in [0.15, 0.2) is 0 Å². The van der Waals surface area contributed by atoms with Gasteiger partial charge in [0, 0.05) is 11.1 Å². The molecule has 3 nitrogen and oxygen atoms in total. The Kier molecular flexibility index (Phi) is 8.23. The maximum atomic E-state index is 16.0. The number of nitrogens with zero attached hydrogens (tertiary/aromatic N) is 1. The summed E-state index contributed by atoms with van der Waals surface area (Å²) < 4.78 is 62.3. The molecule has 0 bridgehead atoms. The quantitative estimate of drug-likeness (QED) is 0.254. The number of alkyl halides is 3. The Morgan fingerprint density at radius 1 is 1.05 bits per heavy atom. The summed E-state index contributed by atoms with van der Waals surface area (Å²) in [5, 5.41) is 10.2. The van der Waals surface area contributed by atoms with E-state index >= 15 is 13.2 Å². The van der Waals surface area contributed by atoms with Crippen molar-refractivity contribution in [2.45, 2.75) is 70.0 Å². The fraction of sp³-hybridized carbons (Fsp3) is 0.500. The Morgan fingerprint density at radius 3 is 2.08 bits per heavy atom. The summed E-state index contributed by atoms with van der Waals surface area (Å²) >= 11 is 21.8. The lowest BCUT2D eigenvalue weighted by Crippen LogP contribution is -2.61. The van der Waals surface area contributed by atoms with Gasteiger partial charge in [-0.1, -0.05) is 80.9 Å². The molecule has 3 unspecified atom stereocenters. The molecule has 1 N–H and O–H groups in total. The van der Waals surface area contributed by atoms with Crippen molar-refractivity contribution in [3.63, 3.8) is 0 Å². The third-order valence-electron chi connectivity index (χ3n) is 8.47. The number of aliphatic carboxylic acids is 1. The lowest BCUT2D eigenvalue weighted by atomic mass is 9.54. The van der Waals surface area contributed by atoms with Gasteiger partial charge in [0.05, 0.1) is 19.5 Å². The Hall–Kier alpha value is -1.35. The van der Waals surface area contributed by atoms with Crippen molar-refractivity contribution >= 4 is 62.4 Å². The van der Waals surface area contributed by atoms with Crippen LogP contribution in [0.2, 0.25) is 15.1 Å². The average Bonchev–Trinajstić information content (AvgIpc) is 3.20. The van der Waals surface area contributed by atoms with Crippen molar-refractivity contribution in [1.29, 1.82) is 0 Å². The number of hydrogen-bond donors (Lipinski definition) is 1. The van der Waals surface area contributed by atoms with Gasteiger partial charge in [-0.3, -0.25) is 9.79 Å². The van der Waals surface area contributed by atoms with E-state index in [4.69, 9.17) is 39.8 Å². The number of halogens is 8. The van der Waals surface area contributed by atoms with Gasteiger partial charge in [-0.05, 0) is 70.1 Å². The van der Waals surface area contributed by atoms with Gasteiger partial charge in [0.25, 0.3) is 0 Å². The number of carbonyl (C=O) groups is 1. The maximum Gasteiger partial charge on any atom is 0.404 e. The third-order valence-corrected chi connectivity index (χ3v) is 10.3. The maximum absolute atomic E-state index is 16.0. The van der Waals surface area contributed by atoms with Crippen LogP contribution in [0.25, 0.3) is 0 Å². The Balaban J connectivity index is 2.24. The van der Waals surface area contributed by atoms with Crippen molar-refractivity contribution < 1.29 is 27.5 Å². The van der Waals surface area contributed by atoms with E-state index in [1.165, 1.54) is 12.1 Å². The van der Waals surface area contributed by atoms with E-state index in [9.17, 15) is 14.3 Å². The van der Waals surface area contributed by atoms with Crippen LogP contribution < -0.4 is 0 Å². The molecule has 212 valence electrons. The number of carboxylic acids is 1. The van der Waals surface area contributed by atoms with Crippen LogP contribution >= 0.6 is 50.7 Å². The minimum atomic E-state index is -5.14. The molecule has 1 saturated carbocycles. The fourth-order valence-electron chi connectivity index (χ4n) is 6.68. The average molecular weight is 672 g/mol. The molecular weight excluding hydrogens is 645 g/mol. The molecule has 0 aromatic heterocycles. The summed E-state index contributed by atoms with van der Waals surface area (Å²) in [6.07, 6.45) is -2.16. The molecule has 1 fully saturated rings. The summed E-state index contributed by atoms with van der Waals surface area (Å²) in [6, 6.07) is 5.85. The van der Waals surface area contributed by atoms with Gasteiger partial charge in [0.2, 0.25) is 0 Å². The van der Waals surface area contributed by atoms with Crippen LogP contribution in [0.4, 0.5) is 17.6 Å². The van der Waals surface area contributed by atoms with Crippen molar-refractivity contribution in [3.05, 3.63) is 66.8 Å². The highest BCUT2D eigenvalue weighted by molar-refractivity contribution is 9.10. The zero-order valence-electron chi connectivity index (χ0n) is 21.4. The first kappa shape index (κ1) is 30.6. The fourth-order valence-corrected chi connectivity index (χ4v) is 7.65. The second-order valence-electron chi connectivity index (χ2n) is 11.0. The Labute approximate surface area is 248 Å². The van der Waals surface area contributed by atoms with Gasteiger partial charge in [-0.2, -0.15) is 13.2 Å². The van der Waals surface area contributed by atoms with Gasteiger partial charge in [-0.15, -0.1) is 0 Å². The van der Waals surface area contributed by atoms with E-state index in [1.807, 2.05) is 0 Å². The number of aliphatic imine (C=N–C) groups is 1. The SMILES string of the molecule is CC(C)C1(c2ccc(F)c(Br)c2)N=C(C2(C)CCCCC2)C(c2cc(Cl)c(Cl)c(Cl)c2)(C(F)(F)F)C1C(=O)O. The van der Waals surface area contributed by atoms with Crippen LogP contribution in [0.1, 0.15) is 64.0 Å². The highest BCUT2D eigenvalue weighted by Gasteiger charge is 2.77. The first-order valence-electron chi connectivity index (χ1n) is 12.5. The van der Waals surface area contributed by atoms with Gasteiger partial charge < -0.3 is 5.11 Å². The molecule has 11 heteroatoms. The molecule has 1 aliphatic heterocycles. The van der Waals surface area contributed by atoms with E-state index in [0.29, 0.717) is 25.7 Å². The number of benzene rings is 2. The van der Waals surface area contributed by atoms with E-state index in [-0.39, 0.29) is 30.8 Å². The zero-order chi connectivity index (χ0) is 29.1. The number of hydrogen-bond acceptors (Lipinski definition) is 2. The predicted molar refractivity (Wildman–Crippen MR) is 150 cm³/mol. The lowest BCUT2D eigenvalue weighted by molar-refractivity contribution is -0.198. The molecule has 4 rings (SSSR count). The normalized spacial score (nSPS) is 27.1. The van der Waals surface area contributed by atoms with Gasteiger partial charge >= 0.3 is 12.1 Å². The molecule has 0 radical (unpaired) electrons. The number of carboxylic acid groups (broad SMARTS) is 1. The third kappa shape index (κ3) is 4.61. The van der Waals surface area contributed by atoms with Crippen molar-refractivity contribution in [2.75, 3.05) is 0 Å². The largest absolute Gasteiger partial charge is 0.481 e. The van der Waals surface area contributed by atoms with Crippen LogP contribution in [0.5, 0.6) is 0 Å². The second-order valence-corrected chi connectivity index (χ2v) is 13.1. The zero-order valence-corrected chi connectivity index (χ0v) is 25.3. The van der Waals surface area contributed by atoms with Crippen LogP contribution in [0.15, 0.2) is 39.8 Å². The molecule has 2 aliphatic rings. The van der Waals surface area contributed by atoms with Crippen molar-refractivity contribution in [1.82, 2.24) is 0 Å². The van der Waals surface area contributed by atoms with E-state index < -0.39 is 51.7 Å². The summed E-state index contributed by atoms with van der Waals surface area (Å²) in [6.45, 7) is 4.98. The summed E-state index contributed by atoms with van der Waals surface area (Å²) in [7, 11) is 0. The van der Waals surface area contributed by atoms with Crippen LogP contribution in [0.3, 0.4) is 0 Å². The minimum absolute atomic E-state index is 0.00752. The van der Waals surface area contributed by atoms with E-state index in [1.54, 1.807) is 20.8 Å². The van der Waals surface area contributed by atoms with Crippen LogP contribution in [0, 0.1) is 23.1 Å². The molecule has 0 saturated heterocycles. The smallest absolute Gasteiger partial charge is 0.404 e. The van der Waals surface area contributed by atoms with Gasteiger partial charge in [0.1, 0.15) is 22.7 Å². The summed E-state index contributed by atoms with van der Waals surface area (Å²) in [5.74, 6) is -5.23. The van der Waals surface area contributed by atoms with Gasteiger partial charge in [-0.25, -0.2) is 4.39 Å². The molecule has 2 aromatic carbocycles. The molecule has 1 aliphatic carbocycles. The molecular formula is C28H27BrCl3F4NO2. The lowest BCUT2D eigenvalue weighted by Gasteiger charge is -2.47. The predicted octanol–water partition coefficient (Wildman–Crippen LogP) is 10.0. The van der Waals surface area contributed by atoms with Crippen molar-refractivity contribution in [2.24, 2.45) is 22.2 Å². The summed E-state index contributed by atoms with van der Waals surface area (Å²) in [5.41, 5.74) is -6.63. The first-order chi connectivity index (χ1) is 18.0. The topological polar surface area (TPSA) is 49.7 Å². The molecule has 39 heavy (non-hydrogen) atoms. The molecule has 0 spiro atoms. The van der Waals surface area contributed by atoms with E-state index in [0.717, 1.165) is 24.6 Å². The highest BCUT2D eigenvalue weighted by Crippen LogP contribution is 2.65. The second kappa shape index (κ2) is 10.5. The molecule has 0 amide bonds. The highest BCUT2D eigenvalue weighted by atomic mass is 79.9. The first-order valence-corrected chi connectivity index (χ1v) is 14.5. The molecule has 1 heterocycles. The molecule has 2 aromatic rings. The summed E-state index contributed by atoms with van der Waals surface area (Å²) in [4.78, 5) is 18.2. The van der Waals surface area contributed by atoms with Crippen LogP contribution in [-0.2, 0) is 15.7 Å². The Morgan fingerprint density at radius 2 is 1.62 bits per heavy atom. The number of rotatable bonds is 5. The standard InChI is InChI=1S/C28H27BrCl3F4NO2/c1-14(2)27(15-7-8-20(33)17(29)11-15)22(23(38)39)26(28(34,35)36,16-12-18(30)21(32)19(31)13-16)24(37-27)25(3)9-5-4-6-10-25/h7-8,11-14,22H,4-6,9-10H2,1-3H3,(H,38,39). The van der Waals surface area contributed by atoms with Crippen LogP contribution in [-0.4, -0.2) is 23.0 Å². The molecule has 3 atom stereocenters.